The fraction of sp³-hybridized carbons (Fsp3) is 0.250. The number of hydrogen-bond donors (Lipinski definition) is 1. The van der Waals surface area contributed by atoms with Crippen LogP contribution in [-0.4, -0.2) is 28.2 Å². The van der Waals surface area contributed by atoms with Crippen molar-refractivity contribution in [2.75, 3.05) is 0 Å². The summed E-state index contributed by atoms with van der Waals surface area (Å²) in [6, 6.07) is 7.43. The normalized spacial score (nSPS) is 12.0. The van der Waals surface area contributed by atoms with E-state index in [1.807, 2.05) is 31.2 Å². The van der Waals surface area contributed by atoms with Crippen LogP contribution in [0.2, 0.25) is 0 Å². The van der Waals surface area contributed by atoms with Crippen LogP contribution in [0, 0.1) is 6.92 Å². The Labute approximate surface area is 125 Å². The van der Waals surface area contributed by atoms with Crippen LogP contribution in [0.15, 0.2) is 30.6 Å². The van der Waals surface area contributed by atoms with E-state index in [-0.39, 0.29) is 12.3 Å². The lowest BCUT2D eigenvalue weighted by Crippen LogP contribution is -2.25. The number of nitrogens with zero attached hydrogens (tertiary/aromatic N) is 4. The molecule has 7 nitrogen and oxygen atoms in total. The zero-order chi connectivity index (χ0) is 14.9. The predicted molar refractivity (Wildman–Crippen MR) is 79.3 cm³/mol. The van der Waals surface area contributed by atoms with E-state index in [2.05, 4.69) is 20.0 Å². The van der Waals surface area contributed by atoms with Crippen LogP contribution in [0.25, 0.3) is 4.96 Å². The monoisotopic (exact) mass is 323 g/mol. The molecule has 1 N–H and O–H groups in total. The zero-order valence-electron chi connectivity index (χ0n) is 11.2. The molecule has 3 rings (SSSR count). The smallest absolute Gasteiger partial charge is 0.212 e. The second kappa shape index (κ2) is 5.51. The molecule has 3 aromatic rings. The predicted octanol–water partition coefficient (Wildman–Crippen LogP) is 1.11. The molecule has 2 aromatic heterocycles. The Morgan fingerprint density at radius 1 is 1.33 bits per heavy atom. The summed E-state index contributed by atoms with van der Waals surface area (Å²) in [4.78, 5) is 0.642. The van der Waals surface area contributed by atoms with E-state index >= 15 is 0 Å². The standard InChI is InChI=1S/C12H13N5O2S2/c1-9-4-2-3-5-10(9)7-21(18,19)14-6-11-16-17-8-13-15-12(17)20-11/h2-5,8,14H,6-7H2,1H3. The number of hydrogen-bond acceptors (Lipinski definition) is 6. The van der Waals surface area contributed by atoms with Crippen LogP contribution in [-0.2, 0) is 22.3 Å². The van der Waals surface area contributed by atoms with Gasteiger partial charge in [-0.25, -0.2) is 13.1 Å². The van der Waals surface area contributed by atoms with Crippen molar-refractivity contribution in [1.82, 2.24) is 24.5 Å². The molecule has 2 heterocycles. The molecule has 0 aliphatic heterocycles. The van der Waals surface area contributed by atoms with Gasteiger partial charge in [-0.05, 0) is 18.1 Å². The van der Waals surface area contributed by atoms with Gasteiger partial charge >= 0.3 is 0 Å². The minimum Gasteiger partial charge on any atom is -0.212 e. The van der Waals surface area contributed by atoms with Gasteiger partial charge in [-0.3, -0.25) is 0 Å². The molecule has 0 spiro atoms. The SMILES string of the molecule is Cc1ccccc1CS(=O)(=O)NCc1nn2cnnc2s1. The Morgan fingerprint density at radius 2 is 2.14 bits per heavy atom. The molecule has 0 saturated heterocycles. The highest BCUT2D eigenvalue weighted by Gasteiger charge is 2.14. The first kappa shape index (κ1) is 14.1. The maximum atomic E-state index is 12.1. The summed E-state index contributed by atoms with van der Waals surface area (Å²) in [5.41, 5.74) is 1.75. The van der Waals surface area contributed by atoms with E-state index in [0.717, 1.165) is 11.1 Å². The quantitative estimate of drug-likeness (QED) is 0.760. The van der Waals surface area contributed by atoms with Crippen LogP contribution in [0.4, 0.5) is 0 Å². The van der Waals surface area contributed by atoms with Crippen molar-refractivity contribution in [3.8, 4) is 0 Å². The molecule has 110 valence electrons. The lowest BCUT2D eigenvalue weighted by atomic mass is 10.1. The van der Waals surface area contributed by atoms with E-state index in [0.29, 0.717) is 9.97 Å². The average molecular weight is 323 g/mol. The minimum atomic E-state index is -3.40. The summed E-state index contributed by atoms with van der Waals surface area (Å²) in [6.07, 6.45) is 1.48. The Kier molecular flexibility index (Phi) is 3.70. The van der Waals surface area contributed by atoms with E-state index < -0.39 is 10.0 Å². The van der Waals surface area contributed by atoms with Gasteiger partial charge in [-0.1, -0.05) is 35.6 Å². The first-order valence-corrected chi connectivity index (χ1v) is 8.68. The summed E-state index contributed by atoms with van der Waals surface area (Å²) in [5, 5.41) is 12.4. The van der Waals surface area contributed by atoms with Gasteiger partial charge in [0.05, 0.1) is 12.3 Å². The minimum absolute atomic E-state index is 0.0380. The van der Waals surface area contributed by atoms with Crippen molar-refractivity contribution in [3.05, 3.63) is 46.7 Å². The maximum Gasteiger partial charge on any atom is 0.234 e. The van der Waals surface area contributed by atoms with Crippen LogP contribution in [0.1, 0.15) is 16.1 Å². The molecule has 0 aliphatic rings. The van der Waals surface area contributed by atoms with E-state index in [4.69, 9.17) is 0 Å². The van der Waals surface area contributed by atoms with Crippen molar-refractivity contribution in [1.29, 1.82) is 0 Å². The number of sulfonamides is 1. The molecular weight excluding hydrogens is 310 g/mol. The third-order valence-electron chi connectivity index (χ3n) is 2.98. The van der Waals surface area contributed by atoms with Gasteiger partial charge in [0.2, 0.25) is 15.0 Å². The topological polar surface area (TPSA) is 89.2 Å². The van der Waals surface area contributed by atoms with Gasteiger partial charge in [0.15, 0.2) is 0 Å². The lowest BCUT2D eigenvalue weighted by Gasteiger charge is -2.07. The molecule has 0 aliphatic carbocycles. The molecule has 0 radical (unpaired) electrons. The number of nitrogens with one attached hydrogen (secondary N) is 1. The largest absolute Gasteiger partial charge is 0.234 e. The number of aromatic nitrogens is 4. The molecule has 21 heavy (non-hydrogen) atoms. The van der Waals surface area contributed by atoms with Crippen molar-refractivity contribution >= 4 is 26.3 Å². The highest BCUT2D eigenvalue weighted by Crippen LogP contribution is 2.13. The summed E-state index contributed by atoms with van der Waals surface area (Å²) >= 11 is 1.31. The third kappa shape index (κ3) is 3.26. The molecule has 0 fully saturated rings. The highest BCUT2D eigenvalue weighted by atomic mass is 32.2. The molecule has 0 amide bonds. The van der Waals surface area contributed by atoms with Gasteiger partial charge in [-0.2, -0.15) is 9.61 Å². The van der Waals surface area contributed by atoms with Crippen molar-refractivity contribution in [2.24, 2.45) is 0 Å². The highest BCUT2D eigenvalue weighted by molar-refractivity contribution is 7.88. The first-order valence-electron chi connectivity index (χ1n) is 6.21. The molecule has 0 saturated carbocycles. The molecule has 0 bridgehead atoms. The van der Waals surface area contributed by atoms with Gasteiger partial charge in [0.25, 0.3) is 0 Å². The molecular formula is C12H13N5O2S2. The zero-order valence-corrected chi connectivity index (χ0v) is 12.9. The summed E-state index contributed by atoms with van der Waals surface area (Å²) < 4.78 is 28.3. The van der Waals surface area contributed by atoms with Crippen LogP contribution >= 0.6 is 11.3 Å². The number of benzene rings is 1. The third-order valence-corrected chi connectivity index (χ3v) is 5.17. The molecule has 0 atom stereocenters. The number of aryl methyl sites for hydroxylation is 1. The van der Waals surface area contributed by atoms with Gasteiger partial charge in [0.1, 0.15) is 11.3 Å². The van der Waals surface area contributed by atoms with Crippen LogP contribution in [0.3, 0.4) is 0 Å². The van der Waals surface area contributed by atoms with E-state index in [1.54, 1.807) is 0 Å². The van der Waals surface area contributed by atoms with Gasteiger partial charge in [0, 0.05) is 0 Å². The first-order chi connectivity index (χ1) is 10.0. The van der Waals surface area contributed by atoms with Crippen molar-refractivity contribution in [2.45, 2.75) is 19.2 Å². The van der Waals surface area contributed by atoms with Crippen LogP contribution < -0.4 is 4.72 Å². The van der Waals surface area contributed by atoms with E-state index in [1.165, 1.54) is 22.2 Å². The molecule has 1 aromatic carbocycles. The second-order valence-electron chi connectivity index (χ2n) is 4.56. The van der Waals surface area contributed by atoms with E-state index in [9.17, 15) is 8.42 Å². The lowest BCUT2D eigenvalue weighted by molar-refractivity contribution is 0.579. The van der Waals surface area contributed by atoms with Crippen molar-refractivity contribution < 1.29 is 8.42 Å². The Hall–Kier alpha value is -1.84. The van der Waals surface area contributed by atoms with Crippen LogP contribution in [0.5, 0.6) is 0 Å². The fourth-order valence-electron chi connectivity index (χ4n) is 1.87. The fourth-order valence-corrected chi connectivity index (χ4v) is 3.91. The van der Waals surface area contributed by atoms with Gasteiger partial charge in [-0.15, -0.1) is 10.2 Å². The second-order valence-corrected chi connectivity index (χ2v) is 7.41. The van der Waals surface area contributed by atoms with Crippen molar-refractivity contribution in [3.63, 3.8) is 0 Å². The van der Waals surface area contributed by atoms with Gasteiger partial charge < -0.3 is 0 Å². The molecule has 0 unspecified atom stereocenters. The number of rotatable bonds is 5. The summed E-state index contributed by atoms with van der Waals surface area (Å²) in [6.45, 7) is 2.05. The Morgan fingerprint density at radius 3 is 2.90 bits per heavy atom. The average Bonchev–Trinajstić information content (AvgIpc) is 3.00. The Bertz CT molecular complexity index is 840. The molecule has 9 heteroatoms. The number of fused-ring (bicyclic) bond motifs is 1. The summed E-state index contributed by atoms with van der Waals surface area (Å²) in [7, 11) is -3.40. The maximum absolute atomic E-state index is 12.1. The Balaban J connectivity index is 1.69. The summed E-state index contributed by atoms with van der Waals surface area (Å²) in [5.74, 6) is -0.0380.